The molecule has 0 atom stereocenters. The second-order valence-corrected chi connectivity index (χ2v) is 11.8. The van der Waals surface area contributed by atoms with Crippen molar-refractivity contribution >= 4 is 29.2 Å². The van der Waals surface area contributed by atoms with Crippen LogP contribution < -0.4 is 21.1 Å². The SMILES string of the molecule is CCC1(C(=O)Nc2cc(-c3ccc(N4CCN(C(C)=O)CC4)nc3)cc(C(=O)NCc3c(C)cc(C)[nH]c3=O)c2C)CC1. The maximum atomic E-state index is 13.6. The first-order chi connectivity index (χ1) is 20.5. The Kier molecular flexibility index (Phi) is 8.39. The van der Waals surface area contributed by atoms with E-state index in [1.54, 1.807) is 13.1 Å². The number of rotatable bonds is 8. The summed E-state index contributed by atoms with van der Waals surface area (Å²) in [7, 11) is 0. The second kappa shape index (κ2) is 12.0. The molecular weight excluding hydrogens is 544 g/mol. The van der Waals surface area contributed by atoms with Crippen LogP contribution in [0.1, 0.15) is 65.9 Å². The number of amides is 3. The molecule has 1 saturated carbocycles. The third-order valence-electron chi connectivity index (χ3n) is 8.96. The molecule has 1 aromatic carbocycles. The third kappa shape index (κ3) is 6.33. The highest BCUT2D eigenvalue weighted by Gasteiger charge is 2.48. The number of nitrogens with zero attached hydrogens (tertiary/aromatic N) is 3. The van der Waals surface area contributed by atoms with Gasteiger partial charge in [-0.3, -0.25) is 19.2 Å². The summed E-state index contributed by atoms with van der Waals surface area (Å²) < 4.78 is 0. The summed E-state index contributed by atoms with van der Waals surface area (Å²) in [6.07, 6.45) is 4.26. The van der Waals surface area contributed by atoms with Crippen LogP contribution >= 0.6 is 0 Å². The number of anilines is 2. The molecule has 3 N–H and O–H groups in total. The van der Waals surface area contributed by atoms with Crippen molar-refractivity contribution in [1.82, 2.24) is 20.2 Å². The van der Waals surface area contributed by atoms with Crippen LogP contribution in [0.25, 0.3) is 11.1 Å². The van der Waals surface area contributed by atoms with E-state index in [0.29, 0.717) is 48.6 Å². The zero-order valence-corrected chi connectivity index (χ0v) is 25.6. The number of nitrogens with one attached hydrogen (secondary N) is 3. The summed E-state index contributed by atoms with van der Waals surface area (Å²) >= 11 is 0. The first kappa shape index (κ1) is 30.0. The Labute approximate surface area is 251 Å². The van der Waals surface area contributed by atoms with Crippen LogP contribution in [0, 0.1) is 26.2 Å². The largest absolute Gasteiger partial charge is 0.353 e. The topological polar surface area (TPSA) is 128 Å². The van der Waals surface area contributed by atoms with E-state index in [0.717, 1.165) is 47.5 Å². The number of carbonyl (C=O) groups excluding carboxylic acids is 3. The predicted molar refractivity (Wildman–Crippen MR) is 167 cm³/mol. The predicted octanol–water partition coefficient (Wildman–Crippen LogP) is 4.09. The number of aryl methyl sites for hydroxylation is 2. The molecule has 0 unspecified atom stereocenters. The van der Waals surface area contributed by atoms with Gasteiger partial charge in [0.2, 0.25) is 11.8 Å². The standard InChI is InChI=1S/C33H40N6O4/c1-6-33(9-10-33)32(43)37-28-17-25(24-7-8-29(34-18-24)39-13-11-38(12-14-39)23(5)40)16-26(22(28)4)30(41)35-19-27-20(2)15-21(3)36-31(27)42/h7-8,15-18H,6,9-14,19H2,1-5H3,(H,35,41)(H,36,42)(H,37,43). The summed E-state index contributed by atoms with van der Waals surface area (Å²) in [5.41, 5.74) is 4.72. The molecule has 5 rings (SSSR count). The normalized spacial score (nSPS) is 15.7. The minimum atomic E-state index is -0.343. The molecule has 1 aliphatic heterocycles. The van der Waals surface area contributed by atoms with Gasteiger partial charge in [-0.05, 0) is 87.1 Å². The number of pyridine rings is 2. The van der Waals surface area contributed by atoms with Crippen molar-refractivity contribution in [3.63, 3.8) is 0 Å². The minimum absolute atomic E-state index is 0.0263. The Hall–Kier alpha value is -4.47. The van der Waals surface area contributed by atoms with Gasteiger partial charge in [-0.1, -0.05) is 6.92 Å². The first-order valence-corrected chi connectivity index (χ1v) is 14.9. The van der Waals surface area contributed by atoms with E-state index < -0.39 is 0 Å². The van der Waals surface area contributed by atoms with E-state index in [1.165, 1.54) is 0 Å². The fraction of sp³-hybridized carbons (Fsp3) is 0.424. The molecule has 2 aliphatic rings. The number of benzene rings is 1. The van der Waals surface area contributed by atoms with Crippen molar-refractivity contribution in [1.29, 1.82) is 0 Å². The summed E-state index contributed by atoms with van der Waals surface area (Å²) in [5, 5.41) is 6.02. The third-order valence-corrected chi connectivity index (χ3v) is 8.96. The Morgan fingerprint density at radius 3 is 2.30 bits per heavy atom. The molecule has 0 spiro atoms. The lowest BCUT2D eigenvalue weighted by molar-refractivity contribution is -0.129. The molecular formula is C33H40N6O4. The quantitative estimate of drug-likeness (QED) is 0.366. The average Bonchev–Trinajstić information content (AvgIpc) is 3.79. The molecule has 3 heterocycles. The highest BCUT2D eigenvalue weighted by Crippen LogP contribution is 2.49. The molecule has 3 amide bonds. The summed E-state index contributed by atoms with van der Waals surface area (Å²) in [6, 6.07) is 9.48. The van der Waals surface area contributed by atoms with E-state index in [1.807, 2.05) is 62.9 Å². The lowest BCUT2D eigenvalue weighted by atomic mass is 9.96. The smallest absolute Gasteiger partial charge is 0.253 e. The lowest BCUT2D eigenvalue weighted by Crippen LogP contribution is -2.48. The van der Waals surface area contributed by atoms with Gasteiger partial charge in [-0.2, -0.15) is 0 Å². The summed E-state index contributed by atoms with van der Waals surface area (Å²) in [6.45, 7) is 11.9. The summed E-state index contributed by atoms with van der Waals surface area (Å²) in [4.78, 5) is 62.5. The molecule has 0 bridgehead atoms. The van der Waals surface area contributed by atoms with Crippen molar-refractivity contribution in [2.45, 2.75) is 60.4 Å². The van der Waals surface area contributed by atoms with Gasteiger partial charge >= 0.3 is 0 Å². The molecule has 10 heteroatoms. The van der Waals surface area contributed by atoms with Crippen LogP contribution in [0.5, 0.6) is 0 Å². The van der Waals surface area contributed by atoms with Crippen molar-refractivity contribution in [2.75, 3.05) is 36.4 Å². The monoisotopic (exact) mass is 584 g/mol. The Morgan fingerprint density at radius 1 is 1.00 bits per heavy atom. The van der Waals surface area contributed by atoms with E-state index >= 15 is 0 Å². The molecule has 1 aliphatic carbocycles. The molecule has 3 aromatic rings. The van der Waals surface area contributed by atoms with Crippen LogP contribution in [-0.4, -0.2) is 58.8 Å². The highest BCUT2D eigenvalue weighted by atomic mass is 16.2. The lowest BCUT2D eigenvalue weighted by Gasteiger charge is -2.34. The number of piperazine rings is 1. The number of hydrogen-bond acceptors (Lipinski definition) is 6. The van der Waals surface area contributed by atoms with Crippen molar-refractivity contribution < 1.29 is 14.4 Å². The van der Waals surface area contributed by atoms with Gasteiger partial charge in [0.15, 0.2) is 0 Å². The molecule has 226 valence electrons. The van der Waals surface area contributed by atoms with Gasteiger partial charge in [-0.15, -0.1) is 0 Å². The van der Waals surface area contributed by atoms with E-state index in [2.05, 4.69) is 20.5 Å². The van der Waals surface area contributed by atoms with Crippen LogP contribution in [0.15, 0.2) is 41.3 Å². The minimum Gasteiger partial charge on any atom is -0.353 e. The van der Waals surface area contributed by atoms with Crippen LogP contribution in [0.4, 0.5) is 11.5 Å². The number of carbonyl (C=O) groups is 3. The van der Waals surface area contributed by atoms with Crippen LogP contribution in [0.3, 0.4) is 0 Å². The average molecular weight is 585 g/mol. The fourth-order valence-electron chi connectivity index (χ4n) is 5.75. The molecule has 2 fully saturated rings. The van der Waals surface area contributed by atoms with Crippen molar-refractivity contribution in [2.24, 2.45) is 5.41 Å². The number of aromatic amines is 1. The second-order valence-electron chi connectivity index (χ2n) is 11.8. The van der Waals surface area contributed by atoms with Gasteiger partial charge in [0, 0.05) is 79.3 Å². The fourth-order valence-corrected chi connectivity index (χ4v) is 5.75. The van der Waals surface area contributed by atoms with Crippen LogP contribution in [0.2, 0.25) is 0 Å². The Bertz CT molecular complexity index is 1620. The molecule has 2 aromatic heterocycles. The van der Waals surface area contributed by atoms with Gasteiger partial charge in [0.25, 0.3) is 11.5 Å². The molecule has 0 radical (unpaired) electrons. The number of aromatic nitrogens is 2. The molecule has 10 nitrogen and oxygen atoms in total. The van der Waals surface area contributed by atoms with E-state index in [9.17, 15) is 19.2 Å². The van der Waals surface area contributed by atoms with Gasteiger partial charge in [-0.25, -0.2) is 4.98 Å². The van der Waals surface area contributed by atoms with E-state index in [4.69, 9.17) is 4.98 Å². The molecule has 1 saturated heterocycles. The molecule has 43 heavy (non-hydrogen) atoms. The number of H-pyrrole nitrogens is 1. The maximum Gasteiger partial charge on any atom is 0.253 e. The van der Waals surface area contributed by atoms with Gasteiger partial charge in [0.05, 0.1) is 0 Å². The first-order valence-electron chi connectivity index (χ1n) is 14.9. The zero-order valence-electron chi connectivity index (χ0n) is 25.6. The highest BCUT2D eigenvalue weighted by molar-refractivity contribution is 6.03. The summed E-state index contributed by atoms with van der Waals surface area (Å²) in [5.74, 6) is 0.542. The Balaban J connectivity index is 1.43. The van der Waals surface area contributed by atoms with E-state index in [-0.39, 0.29) is 35.2 Å². The van der Waals surface area contributed by atoms with Gasteiger partial charge < -0.3 is 25.4 Å². The Morgan fingerprint density at radius 2 is 1.72 bits per heavy atom. The number of hydrogen-bond donors (Lipinski definition) is 3. The van der Waals surface area contributed by atoms with Crippen molar-refractivity contribution in [3.05, 3.63) is 74.8 Å². The van der Waals surface area contributed by atoms with Gasteiger partial charge in [0.1, 0.15) is 5.82 Å². The van der Waals surface area contributed by atoms with Crippen molar-refractivity contribution in [3.8, 4) is 11.1 Å². The van der Waals surface area contributed by atoms with Crippen LogP contribution in [-0.2, 0) is 16.1 Å². The maximum absolute atomic E-state index is 13.6. The zero-order chi connectivity index (χ0) is 30.9.